The normalized spacial score (nSPS) is 13.1. The summed E-state index contributed by atoms with van der Waals surface area (Å²) in [5.74, 6) is -1.91. The first-order chi connectivity index (χ1) is 18.9. The van der Waals surface area contributed by atoms with E-state index in [9.17, 15) is 24.0 Å². The van der Waals surface area contributed by atoms with Crippen molar-refractivity contribution in [3.05, 3.63) is 0 Å². The number of hydroxylamine groups is 2. The molecule has 0 spiro atoms. The molecule has 1 saturated heterocycles. The molecule has 1 heterocycles. The Balaban J connectivity index is 2.37. The van der Waals surface area contributed by atoms with Gasteiger partial charge in [0.05, 0.1) is 46.1 Å². The van der Waals surface area contributed by atoms with Gasteiger partial charge < -0.3 is 48.6 Å². The van der Waals surface area contributed by atoms with Crippen LogP contribution in [0.15, 0.2) is 0 Å². The van der Waals surface area contributed by atoms with E-state index >= 15 is 0 Å². The van der Waals surface area contributed by atoms with Crippen molar-refractivity contribution in [3.8, 4) is 0 Å². The highest BCUT2D eigenvalue weighted by Gasteiger charge is 2.32. The second-order valence-electron chi connectivity index (χ2n) is 7.90. The molecule has 0 atom stereocenters. The van der Waals surface area contributed by atoms with Gasteiger partial charge >= 0.3 is 18.2 Å². The Kier molecular flexibility index (Phi) is 19.0. The summed E-state index contributed by atoms with van der Waals surface area (Å²) in [5.41, 5.74) is 0. The SMILES string of the molecule is COCCOCCNC(=O)OCC(COC(=O)NCCOCCOC)OCCCC(=O)ON1C(=O)CCC1=O. The number of nitrogens with zero attached hydrogens (tertiary/aromatic N) is 1. The summed E-state index contributed by atoms with van der Waals surface area (Å²) in [6, 6.07) is 0. The fourth-order valence-corrected chi connectivity index (χ4v) is 2.79. The quantitative estimate of drug-likeness (QED) is 0.127. The van der Waals surface area contributed by atoms with E-state index in [1.54, 1.807) is 14.2 Å². The molecule has 0 unspecified atom stereocenters. The summed E-state index contributed by atoms with van der Waals surface area (Å²) in [6.45, 7) is 2.12. The molecule has 2 N–H and O–H groups in total. The van der Waals surface area contributed by atoms with Gasteiger partial charge in [-0.1, -0.05) is 0 Å². The Hall–Kier alpha value is -3.05. The molecule has 0 aromatic carbocycles. The lowest BCUT2D eigenvalue weighted by atomic mass is 10.3. The van der Waals surface area contributed by atoms with Gasteiger partial charge in [0.2, 0.25) is 0 Å². The largest absolute Gasteiger partial charge is 0.447 e. The number of alkyl carbamates (subject to hydrolysis) is 2. The Bertz CT molecular complexity index is 705. The summed E-state index contributed by atoms with van der Waals surface area (Å²) < 4.78 is 36.0. The first-order valence-corrected chi connectivity index (χ1v) is 12.5. The number of rotatable bonds is 22. The van der Waals surface area contributed by atoms with Gasteiger partial charge in [-0.25, -0.2) is 14.4 Å². The highest BCUT2D eigenvalue weighted by atomic mass is 16.7. The van der Waals surface area contributed by atoms with Crippen LogP contribution in [-0.4, -0.2) is 128 Å². The Morgan fingerprint density at radius 2 is 1.28 bits per heavy atom. The first-order valence-electron chi connectivity index (χ1n) is 12.5. The molecule has 1 fully saturated rings. The van der Waals surface area contributed by atoms with E-state index in [1.807, 2.05) is 0 Å². The lowest BCUT2D eigenvalue weighted by molar-refractivity contribution is -0.197. The number of imide groups is 1. The third-order valence-electron chi connectivity index (χ3n) is 4.77. The van der Waals surface area contributed by atoms with E-state index in [4.69, 9.17) is 38.0 Å². The van der Waals surface area contributed by atoms with Crippen LogP contribution in [0.3, 0.4) is 0 Å². The average molecular weight is 566 g/mol. The van der Waals surface area contributed by atoms with Crippen LogP contribution < -0.4 is 10.6 Å². The van der Waals surface area contributed by atoms with Crippen LogP contribution in [0.5, 0.6) is 0 Å². The van der Waals surface area contributed by atoms with Crippen molar-refractivity contribution < 1.29 is 62.0 Å². The molecule has 0 aromatic heterocycles. The summed E-state index contributed by atoms with van der Waals surface area (Å²) in [6.07, 6.45) is -2.25. The average Bonchev–Trinajstić information content (AvgIpc) is 3.23. The minimum absolute atomic E-state index is 0.000256. The highest BCUT2D eigenvalue weighted by Crippen LogP contribution is 2.13. The fourth-order valence-electron chi connectivity index (χ4n) is 2.79. The topological polar surface area (TPSA) is 186 Å². The van der Waals surface area contributed by atoms with Crippen LogP contribution in [-0.2, 0) is 52.4 Å². The summed E-state index contributed by atoms with van der Waals surface area (Å²) in [7, 11) is 3.10. The highest BCUT2D eigenvalue weighted by molar-refractivity contribution is 6.01. The van der Waals surface area contributed by atoms with Crippen molar-refractivity contribution in [2.75, 3.05) is 86.8 Å². The molecule has 0 aliphatic carbocycles. The van der Waals surface area contributed by atoms with Gasteiger partial charge in [-0.15, -0.1) is 5.06 Å². The Morgan fingerprint density at radius 3 is 1.77 bits per heavy atom. The molecule has 16 heteroatoms. The van der Waals surface area contributed by atoms with Crippen LogP contribution in [0.25, 0.3) is 0 Å². The fraction of sp³-hybridized carbons (Fsp3) is 0.783. The van der Waals surface area contributed by atoms with Crippen molar-refractivity contribution in [1.29, 1.82) is 0 Å². The summed E-state index contributed by atoms with van der Waals surface area (Å²) in [4.78, 5) is 63.6. The van der Waals surface area contributed by atoms with Crippen LogP contribution in [0.4, 0.5) is 9.59 Å². The van der Waals surface area contributed by atoms with Gasteiger partial charge in [0.1, 0.15) is 19.3 Å². The Morgan fingerprint density at radius 1 is 0.769 bits per heavy atom. The minimum atomic E-state index is -0.838. The first kappa shape index (κ1) is 34.0. The maximum absolute atomic E-state index is 11.9. The predicted molar refractivity (Wildman–Crippen MR) is 130 cm³/mol. The van der Waals surface area contributed by atoms with Gasteiger partial charge in [0.25, 0.3) is 11.8 Å². The van der Waals surface area contributed by atoms with Crippen LogP contribution in [0.1, 0.15) is 25.7 Å². The van der Waals surface area contributed by atoms with E-state index in [0.29, 0.717) is 31.5 Å². The van der Waals surface area contributed by atoms with Gasteiger partial charge in [-0.2, -0.15) is 0 Å². The Labute approximate surface area is 226 Å². The number of methoxy groups -OCH3 is 2. The van der Waals surface area contributed by atoms with Gasteiger partial charge in [0.15, 0.2) is 0 Å². The zero-order chi connectivity index (χ0) is 28.7. The van der Waals surface area contributed by atoms with Crippen molar-refractivity contribution in [2.24, 2.45) is 0 Å². The summed E-state index contributed by atoms with van der Waals surface area (Å²) in [5, 5.41) is 5.48. The zero-order valence-electron chi connectivity index (χ0n) is 22.4. The van der Waals surface area contributed by atoms with Gasteiger partial charge in [0, 0.05) is 46.8 Å². The molecule has 0 bridgehead atoms. The molecular formula is C23H39N3O13. The number of ether oxygens (including phenoxy) is 7. The summed E-state index contributed by atoms with van der Waals surface area (Å²) >= 11 is 0. The van der Waals surface area contributed by atoms with E-state index in [0.717, 1.165) is 0 Å². The maximum atomic E-state index is 11.9. The molecule has 16 nitrogen and oxygen atoms in total. The van der Waals surface area contributed by atoms with E-state index in [-0.39, 0.29) is 71.8 Å². The molecule has 1 aliphatic rings. The monoisotopic (exact) mass is 565 g/mol. The number of hydrogen-bond acceptors (Lipinski definition) is 13. The van der Waals surface area contributed by atoms with Crippen molar-refractivity contribution >= 4 is 30.0 Å². The maximum Gasteiger partial charge on any atom is 0.407 e. The van der Waals surface area contributed by atoms with Gasteiger partial charge in [-0.3, -0.25) is 9.59 Å². The lowest BCUT2D eigenvalue weighted by Crippen LogP contribution is -2.36. The third-order valence-corrected chi connectivity index (χ3v) is 4.77. The zero-order valence-corrected chi connectivity index (χ0v) is 22.4. The number of nitrogens with one attached hydrogen (secondary N) is 2. The second-order valence-corrected chi connectivity index (χ2v) is 7.90. The van der Waals surface area contributed by atoms with Crippen LogP contribution in [0.2, 0.25) is 0 Å². The number of amides is 4. The van der Waals surface area contributed by atoms with E-state index in [1.165, 1.54) is 0 Å². The molecule has 0 saturated carbocycles. The smallest absolute Gasteiger partial charge is 0.407 e. The molecule has 0 radical (unpaired) electrons. The minimum Gasteiger partial charge on any atom is -0.447 e. The van der Waals surface area contributed by atoms with Gasteiger partial charge in [-0.05, 0) is 6.42 Å². The van der Waals surface area contributed by atoms with E-state index < -0.39 is 36.1 Å². The molecule has 39 heavy (non-hydrogen) atoms. The van der Waals surface area contributed by atoms with Crippen LogP contribution >= 0.6 is 0 Å². The van der Waals surface area contributed by atoms with Crippen molar-refractivity contribution in [1.82, 2.24) is 15.7 Å². The standard InChI is InChI=1S/C23H39N3O13/c1-32-12-14-34-10-7-24-22(30)37-16-18(17-38-23(31)25-8-11-35-15-13-33-2)36-9-3-4-21(29)39-26-19(27)5-6-20(26)28/h18H,3-17H2,1-2H3,(H,24,30)(H,25,31). The van der Waals surface area contributed by atoms with Crippen molar-refractivity contribution in [2.45, 2.75) is 31.8 Å². The molecule has 224 valence electrons. The molecule has 4 amide bonds. The number of carbonyl (C=O) groups excluding carboxylic acids is 5. The van der Waals surface area contributed by atoms with Crippen LogP contribution in [0, 0.1) is 0 Å². The van der Waals surface area contributed by atoms with E-state index in [2.05, 4.69) is 10.6 Å². The van der Waals surface area contributed by atoms with Crippen molar-refractivity contribution in [3.63, 3.8) is 0 Å². The molecular weight excluding hydrogens is 526 g/mol. The second kappa shape index (κ2) is 21.8. The lowest BCUT2D eigenvalue weighted by Gasteiger charge is -2.18. The third kappa shape index (κ3) is 17.2. The molecule has 1 rings (SSSR count). The molecule has 0 aromatic rings. The molecule has 1 aliphatic heterocycles. The number of carbonyl (C=O) groups is 5. The predicted octanol–water partition coefficient (Wildman–Crippen LogP) is -0.463. The number of hydrogen-bond donors (Lipinski definition) is 2.